The van der Waals surface area contributed by atoms with Crippen LogP contribution in [0, 0.1) is 17.8 Å². The van der Waals surface area contributed by atoms with E-state index < -0.39 is 0 Å². The maximum absolute atomic E-state index is 2.35. The molecule has 1 radical (unpaired) electrons. The lowest BCUT2D eigenvalue weighted by atomic mass is 9.94. The molecule has 8 heavy (non-hydrogen) atoms. The van der Waals surface area contributed by atoms with Crippen molar-refractivity contribution in [3.8, 4) is 0 Å². The molecule has 47 valence electrons. The molecule has 1 fully saturated rings. The van der Waals surface area contributed by atoms with E-state index in [4.69, 9.17) is 0 Å². The molecule has 1 aliphatic carbocycles. The molecular formula is C8H15. The van der Waals surface area contributed by atoms with Crippen LogP contribution < -0.4 is 0 Å². The van der Waals surface area contributed by atoms with Crippen LogP contribution in [-0.2, 0) is 0 Å². The highest BCUT2D eigenvalue weighted by Crippen LogP contribution is 2.37. The van der Waals surface area contributed by atoms with Crippen molar-refractivity contribution in [1.82, 2.24) is 0 Å². The van der Waals surface area contributed by atoms with Crippen LogP contribution in [0.3, 0.4) is 0 Å². The minimum atomic E-state index is 0.898. The van der Waals surface area contributed by atoms with E-state index in [1.165, 1.54) is 12.8 Å². The largest absolute Gasteiger partial charge is 0.0622 e. The Balaban J connectivity index is 2.44. The van der Waals surface area contributed by atoms with Gasteiger partial charge in [-0.2, -0.15) is 0 Å². The molecule has 0 aromatic carbocycles. The van der Waals surface area contributed by atoms with E-state index in [2.05, 4.69) is 20.8 Å². The minimum Gasteiger partial charge on any atom is -0.0622 e. The topological polar surface area (TPSA) is 0 Å². The van der Waals surface area contributed by atoms with Gasteiger partial charge in [0, 0.05) is 0 Å². The second-order valence-corrected chi connectivity index (χ2v) is 3.15. The number of rotatable bonds is 0. The zero-order valence-electron chi connectivity index (χ0n) is 6.07. The van der Waals surface area contributed by atoms with Gasteiger partial charge in [-0.05, 0) is 30.6 Å². The van der Waals surface area contributed by atoms with Crippen molar-refractivity contribution in [2.75, 3.05) is 0 Å². The molecule has 0 aromatic heterocycles. The van der Waals surface area contributed by atoms with Gasteiger partial charge in [-0.3, -0.25) is 0 Å². The van der Waals surface area contributed by atoms with Crippen LogP contribution in [0.2, 0.25) is 0 Å². The fourth-order valence-electron chi connectivity index (χ4n) is 1.42. The predicted octanol–water partition coefficient (Wildman–Crippen LogP) is 2.65. The molecule has 0 saturated heterocycles. The predicted molar refractivity (Wildman–Crippen MR) is 36.5 cm³/mol. The summed E-state index contributed by atoms with van der Waals surface area (Å²) in [5.74, 6) is 3.56. The van der Waals surface area contributed by atoms with Gasteiger partial charge in [0.2, 0.25) is 0 Å². The van der Waals surface area contributed by atoms with Crippen LogP contribution in [0.4, 0.5) is 0 Å². The van der Waals surface area contributed by atoms with Gasteiger partial charge in [0.25, 0.3) is 0 Å². The van der Waals surface area contributed by atoms with E-state index >= 15 is 0 Å². The summed E-state index contributed by atoms with van der Waals surface area (Å²) >= 11 is 0. The molecule has 2 atom stereocenters. The second kappa shape index (κ2) is 2.08. The Morgan fingerprint density at radius 3 is 2.12 bits per heavy atom. The summed E-state index contributed by atoms with van der Waals surface area (Å²) in [6, 6.07) is 0. The lowest BCUT2D eigenvalue weighted by molar-refractivity contribution is 0.473. The molecule has 0 nitrogen and oxygen atoms in total. The fraction of sp³-hybridized carbons (Fsp3) is 0.875. The molecule has 0 amide bonds. The van der Waals surface area contributed by atoms with Gasteiger partial charge < -0.3 is 0 Å². The molecule has 0 aromatic rings. The molecule has 1 saturated carbocycles. The van der Waals surface area contributed by atoms with Gasteiger partial charge in [0.1, 0.15) is 0 Å². The molecule has 0 heteroatoms. The molecule has 0 N–H and O–H groups in total. The third-order valence-corrected chi connectivity index (χ3v) is 2.62. The maximum Gasteiger partial charge on any atom is -0.0241 e. The quantitative estimate of drug-likeness (QED) is 0.451. The normalized spacial score (nSPS) is 40.9. The van der Waals surface area contributed by atoms with E-state index in [0.29, 0.717) is 0 Å². The van der Waals surface area contributed by atoms with E-state index in [9.17, 15) is 0 Å². The van der Waals surface area contributed by atoms with Crippen molar-refractivity contribution >= 4 is 0 Å². The third kappa shape index (κ3) is 0.888. The first-order valence-electron chi connectivity index (χ1n) is 3.54. The average Bonchev–Trinajstić information content (AvgIpc) is 1.98. The first-order valence-corrected chi connectivity index (χ1v) is 3.54. The first-order chi connectivity index (χ1) is 3.72. The summed E-state index contributed by atoms with van der Waals surface area (Å²) in [5, 5.41) is 0. The highest BCUT2D eigenvalue weighted by Gasteiger charge is 2.25. The van der Waals surface area contributed by atoms with Crippen LogP contribution in [0.15, 0.2) is 0 Å². The molecule has 0 aliphatic heterocycles. The highest BCUT2D eigenvalue weighted by atomic mass is 14.3. The van der Waals surface area contributed by atoms with E-state index in [-0.39, 0.29) is 0 Å². The zero-order valence-corrected chi connectivity index (χ0v) is 6.07. The van der Waals surface area contributed by atoms with Crippen LogP contribution in [0.5, 0.6) is 0 Å². The lowest BCUT2D eigenvalue weighted by Gasteiger charge is -2.11. The third-order valence-electron chi connectivity index (χ3n) is 2.62. The lowest BCUT2D eigenvalue weighted by Crippen LogP contribution is -2.02. The summed E-state index contributed by atoms with van der Waals surface area (Å²) in [6.45, 7) is 6.97. The van der Waals surface area contributed by atoms with Crippen molar-refractivity contribution < 1.29 is 0 Å². The van der Waals surface area contributed by atoms with Crippen molar-refractivity contribution in [2.45, 2.75) is 33.6 Å². The Labute approximate surface area is 52.3 Å². The van der Waals surface area contributed by atoms with Crippen LogP contribution in [0.1, 0.15) is 33.6 Å². The molecule has 0 bridgehead atoms. The van der Waals surface area contributed by atoms with Gasteiger partial charge in [-0.1, -0.05) is 20.8 Å². The molecule has 2 unspecified atom stereocenters. The standard InChI is InChI=1S/C8H15/c1-6-4-5-7(2)8(6)3/h6,8H,4-5H2,1-3H3. The summed E-state index contributed by atoms with van der Waals surface area (Å²) < 4.78 is 0. The van der Waals surface area contributed by atoms with Crippen LogP contribution in [-0.4, -0.2) is 0 Å². The van der Waals surface area contributed by atoms with E-state index in [0.717, 1.165) is 11.8 Å². The Morgan fingerprint density at radius 2 is 2.00 bits per heavy atom. The minimum absolute atomic E-state index is 0.898. The van der Waals surface area contributed by atoms with Crippen molar-refractivity contribution in [1.29, 1.82) is 0 Å². The summed E-state index contributed by atoms with van der Waals surface area (Å²) in [6.07, 6.45) is 2.80. The molecule has 0 heterocycles. The molecule has 0 spiro atoms. The van der Waals surface area contributed by atoms with Gasteiger partial charge in [0.15, 0.2) is 0 Å². The van der Waals surface area contributed by atoms with E-state index in [1.807, 2.05) is 0 Å². The first kappa shape index (κ1) is 6.12. The smallest absolute Gasteiger partial charge is 0.0241 e. The Kier molecular flexibility index (Phi) is 1.59. The summed E-state index contributed by atoms with van der Waals surface area (Å²) in [5.41, 5.74) is 0. The Hall–Kier alpha value is 0. The fourth-order valence-corrected chi connectivity index (χ4v) is 1.42. The van der Waals surface area contributed by atoms with Crippen LogP contribution >= 0.6 is 0 Å². The Morgan fingerprint density at radius 1 is 1.38 bits per heavy atom. The average molecular weight is 111 g/mol. The number of hydrogen-bond acceptors (Lipinski definition) is 0. The molecule has 1 rings (SSSR count). The summed E-state index contributed by atoms with van der Waals surface area (Å²) in [7, 11) is 0. The highest BCUT2D eigenvalue weighted by molar-refractivity contribution is 4.98. The zero-order chi connectivity index (χ0) is 6.15. The van der Waals surface area contributed by atoms with Crippen molar-refractivity contribution in [3.63, 3.8) is 0 Å². The van der Waals surface area contributed by atoms with Gasteiger partial charge >= 0.3 is 0 Å². The second-order valence-electron chi connectivity index (χ2n) is 3.15. The van der Waals surface area contributed by atoms with Gasteiger partial charge in [0.05, 0.1) is 0 Å². The van der Waals surface area contributed by atoms with Crippen molar-refractivity contribution in [2.24, 2.45) is 11.8 Å². The molecular weight excluding hydrogens is 96.1 g/mol. The van der Waals surface area contributed by atoms with E-state index in [1.54, 1.807) is 5.92 Å². The monoisotopic (exact) mass is 111 g/mol. The molecule has 1 aliphatic rings. The van der Waals surface area contributed by atoms with Crippen molar-refractivity contribution in [3.05, 3.63) is 5.92 Å². The summed E-state index contributed by atoms with van der Waals surface area (Å²) in [4.78, 5) is 0. The SMILES string of the molecule is C[C]1CCC(C)C1C. The Bertz CT molecular complexity index is 66.1. The maximum atomic E-state index is 2.35. The number of hydrogen-bond donors (Lipinski definition) is 0. The van der Waals surface area contributed by atoms with Gasteiger partial charge in [-0.25, -0.2) is 0 Å². The van der Waals surface area contributed by atoms with Crippen LogP contribution in [0.25, 0.3) is 0 Å². The van der Waals surface area contributed by atoms with Gasteiger partial charge in [-0.15, -0.1) is 0 Å².